The molecule has 0 aliphatic rings. The van der Waals surface area contributed by atoms with Crippen molar-refractivity contribution in [2.75, 3.05) is 23.1 Å². The highest BCUT2D eigenvalue weighted by molar-refractivity contribution is 9.10. The molecule has 30 heavy (non-hydrogen) atoms. The molecule has 3 aromatic rings. The van der Waals surface area contributed by atoms with E-state index >= 15 is 0 Å². The number of anilines is 3. The first-order valence-corrected chi connectivity index (χ1v) is 8.89. The number of carbonyl (C=O) groups is 1. The minimum Gasteiger partial charge on any atom is -0.497 e. The number of carbonyl (C=O) groups excluding carboxylic acids is 1. The lowest BCUT2D eigenvalue weighted by Gasteiger charge is -2.09. The third-order valence-corrected chi connectivity index (χ3v) is 4.26. The number of amidine groups is 1. The Morgan fingerprint density at radius 1 is 1.13 bits per heavy atom. The highest BCUT2D eigenvalue weighted by Crippen LogP contribution is 2.22. The highest BCUT2D eigenvalue weighted by atomic mass is 79.9. The first kappa shape index (κ1) is 21.0. The number of benzene rings is 2. The third-order valence-electron chi connectivity index (χ3n) is 3.65. The van der Waals surface area contributed by atoms with Crippen molar-refractivity contribution in [3.63, 3.8) is 0 Å². The average Bonchev–Trinajstić information content (AvgIpc) is 3.18. The number of nitrogens with zero attached hydrogens (tertiary/aromatic N) is 3. The van der Waals surface area contributed by atoms with Crippen LogP contribution in [-0.2, 0) is 0 Å². The van der Waals surface area contributed by atoms with Gasteiger partial charge in [-0.15, -0.1) is 0 Å². The third kappa shape index (κ3) is 4.81. The summed E-state index contributed by atoms with van der Waals surface area (Å²) in [4.78, 5) is 12.2. The van der Waals surface area contributed by atoms with E-state index in [4.69, 9.17) is 4.74 Å². The van der Waals surface area contributed by atoms with Crippen LogP contribution in [0.15, 0.2) is 50.7 Å². The van der Waals surface area contributed by atoms with Gasteiger partial charge in [-0.3, -0.25) is 5.32 Å². The van der Waals surface area contributed by atoms with Crippen LogP contribution >= 0.6 is 15.9 Å². The van der Waals surface area contributed by atoms with Crippen LogP contribution in [0.1, 0.15) is 5.69 Å². The van der Waals surface area contributed by atoms with Crippen molar-refractivity contribution in [2.24, 2.45) is 5.16 Å². The van der Waals surface area contributed by atoms with Gasteiger partial charge in [0.2, 0.25) is 11.7 Å². The fourth-order valence-electron chi connectivity index (χ4n) is 2.25. The van der Waals surface area contributed by atoms with Gasteiger partial charge in [0, 0.05) is 11.8 Å². The summed E-state index contributed by atoms with van der Waals surface area (Å²) in [6, 6.07) is 6.95. The number of urea groups is 1. The monoisotopic (exact) mass is 482 g/mol. The molecule has 1 aromatic heterocycles. The van der Waals surface area contributed by atoms with E-state index < -0.39 is 17.7 Å². The predicted molar refractivity (Wildman–Crippen MR) is 106 cm³/mol. The molecule has 0 saturated carbocycles. The quantitative estimate of drug-likeness (QED) is 0.187. The van der Waals surface area contributed by atoms with E-state index in [0.717, 1.165) is 6.07 Å². The van der Waals surface area contributed by atoms with E-state index in [-0.39, 0.29) is 33.3 Å². The van der Waals surface area contributed by atoms with Gasteiger partial charge in [-0.1, -0.05) is 5.16 Å². The molecule has 0 fully saturated rings. The van der Waals surface area contributed by atoms with Gasteiger partial charge in [-0.2, -0.15) is 0 Å². The normalized spacial score (nSPS) is 11.1. The number of halogens is 3. The molecule has 0 unspecified atom stereocenters. The summed E-state index contributed by atoms with van der Waals surface area (Å²) in [5.74, 6) is -1.40. The van der Waals surface area contributed by atoms with Crippen molar-refractivity contribution in [1.82, 2.24) is 10.3 Å². The Labute approximate surface area is 176 Å². The van der Waals surface area contributed by atoms with Crippen LogP contribution in [0.25, 0.3) is 0 Å². The van der Waals surface area contributed by atoms with E-state index in [9.17, 15) is 18.8 Å². The number of oxime groups is 1. The van der Waals surface area contributed by atoms with Crippen LogP contribution in [0.2, 0.25) is 0 Å². The van der Waals surface area contributed by atoms with Gasteiger partial charge < -0.3 is 20.6 Å². The van der Waals surface area contributed by atoms with Crippen molar-refractivity contribution in [3.8, 4) is 5.75 Å². The fourth-order valence-corrected chi connectivity index (χ4v) is 2.63. The lowest BCUT2D eigenvalue weighted by atomic mass is 10.3. The Balaban J connectivity index is 1.73. The van der Waals surface area contributed by atoms with Gasteiger partial charge in [0.25, 0.3) is 0 Å². The summed E-state index contributed by atoms with van der Waals surface area (Å²) in [6.45, 7) is 0. The van der Waals surface area contributed by atoms with Crippen LogP contribution in [0.4, 0.5) is 30.8 Å². The van der Waals surface area contributed by atoms with Crippen LogP contribution in [0.3, 0.4) is 0 Å². The van der Waals surface area contributed by atoms with E-state index in [1.54, 1.807) is 0 Å². The minimum absolute atomic E-state index is 0.114. The van der Waals surface area contributed by atoms with Crippen molar-refractivity contribution in [1.29, 1.82) is 0 Å². The van der Waals surface area contributed by atoms with Gasteiger partial charge in [0.1, 0.15) is 17.4 Å². The Hall–Kier alpha value is -3.74. The Morgan fingerprint density at radius 2 is 1.93 bits per heavy atom. The molecule has 3 rings (SSSR count). The molecule has 4 N–H and O–H groups in total. The number of aromatic nitrogens is 2. The molecule has 0 bridgehead atoms. The van der Waals surface area contributed by atoms with Gasteiger partial charge in [0.05, 0.1) is 17.3 Å². The molecule has 2 aromatic carbocycles. The zero-order valence-electron chi connectivity index (χ0n) is 15.1. The van der Waals surface area contributed by atoms with Crippen molar-refractivity contribution in [3.05, 3.63) is 58.2 Å². The second-order valence-corrected chi connectivity index (χ2v) is 6.44. The zero-order chi connectivity index (χ0) is 21.7. The van der Waals surface area contributed by atoms with E-state index in [0.29, 0.717) is 5.69 Å². The molecule has 0 atom stereocenters. The molecule has 13 heteroatoms. The van der Waals surface area contributed by atoms with Gasteiger partial charge >= 0.3 is 6.03 Å². The SMILES string of the molecule is COc1ccc(NC(=O)Nc2nonc2/C(=N/O)Nc2ccc(F)c(Br)c2)c(F)c1. The summed E-state index contributed by atoms with van der Waals surface area (Å²) in [5, 5.41) is 26.7. The Morgan fingerprint density at radius 3 is 2.60 bits per heavy atom. The van der Waals surface area contributed by atoms with Crippen LogP contribution < -0.4 is 20.7 Å². The molecule has 0 saturated heterocycles. The summed E-state index contributed by atoms with van der Waals surface area (Å²) < 4.78 is 37.0. The second-order valence-electron chi connectivity index (χ2n) is 5.59. The molecule has 0 aliphatic carbocycles. The van der Waals surface area contributed by atoms with Crippen molar-refractivity contribution >= 4 is 45.0 Å². The Bertz CT molecular complexity index is 1110. The summed E-state index contributed by atoms with van der Waals surface area (Å²) in [7, 11) is 1.38. The lowest BCUT2D eigenvalue weighted by Crippen LogP contribution is -2.23. The average molecular weight is 483 g/mol. The minimum atomic E-state index is -0.863. The predicted octanol–water partition coefficient (Wildman–Crippen LogP) is 4.01. The first-order valence-electron chi connectivity index (χ1n) is 8.10. The zero-order valence-corrected chi connectivity index (χ0v) is 16.7. The van der Waals surface area contributed by atoms with E-state index in [1.165, 1.54) is 37.4 Å². The number of methoxy groups -OCH3 is 1. The van der Waals surface area contributed by atoms with E-state index in [1.807, 2.05) is 0 Å². The van der Waals surface area contributed by atoms with Gasteiger partial charge in [-0.25, -0.2) is 18.2 Å². The number of hydrogen-bond acceptors (Lipinski definition) is 7. The molecule has 0 radical (unpaired) electrons. The lowest BCUT2D eigenvalue weighted by molar-refractivity contribution is 0.261. The molecule has 10 nitrogen and oxygen atoms in total. The molecular formula is C17H13BrF2N6O4. The van der Waals surface area contributed by atoms with E-state index in [2.05, 4.69) is 52.0 Å². The summed E-state index contributed by atoms with van der Waals surface area (Å²) >= 11 is 3.03. The molecule has 0 aliphatic heterocycles. The fraction of sp³-hybridized carbons (Fsp3) is 0.0588. The van der Waals surface area contributed by atoms with Crippen molar-refractivity contribution in [2.45, 2.75) is 0 Å². The number of nitrogens with one attached hydrogen (secondary N) is 3. The first-order chi connectivity index (χ1) is 14.4. The van der Waals surface area contributed by atoms with Gasteiger partial charge in [0.15, 0.2) is 5.69 Å². The summed E-state index contributed by atoms with van der Waals surface area (Å²) in [5.41, 5.74) is 0.0646. The smallest absolute Gasteiger partial charge is 0.325 e. The van der Waals surface area contributed by atoms with Crippen molar-refractivity contribution < 1.29 is 28.1 Å². The molecule has 156 valence electrons. The van der Waals surface area contributed by atoms with Crippen LogP contribution in [0, 0.1) is 11.6 Å². The number of amides is 2. The molecule has 1 heterocycles. The maximum Gasteiger partial charge on any atom is 0.325 e. The maximum atomic E-state index is 14.0. The van der Waals surface area contributed by atoms with Crippen LogP contribution in [-0.4, -0.2) is 34.5 Å². The number of hydrogen-bond donors (Lipinski definition) is 4. The van der Waals surface area contributed by atoms with Gasteiger partial charge in [-0.05, 0) is 56.6 Å². The summed E-state index contributed by atoms with van der Waals surface area (Å²) in [6.07, 6.45) is 0. The maximum absolute atomic E-state index is 14.0. The van der Waals surface area contributed by atoms with Crippen LogP contribution in [0.5, 0.6) is 5.75 Å². The number of ether oxygens (including phenoxy) is 1. The number of rotatable bonds is 5. The topological polar surface area (TPSA) is 134 Å². The second kappa shape index (κ2) is 9.17. The molecule has 0 spiro atoms. The largest absolute Gasteiger partial charge is 0.497 e. The molecular weight excluding hydrogens is 470 g/mol. The Kier molecular flexibility index (Phi) is 6.41. The standard InChI is InChI=1S/C17H13BrF2N6O4/c1-29-9-3-5-13(12(20)7-9)22-17(27)23-16-14(25-30-26-16)15(24-28)21-8-2-4-11(19)10(18)6-8/h2-7,28H,1H3,(H,21,24)(H2,22,23,26,27). The highest BCUT2D eigenvalue weighted by Gasteiger charge is 2.20. The molecule has 2 amide bonds.